The van der Waals surface area contributed by atoms with E-state index in [1.807, 2.05) is 6.07 Å². The van der Waals surface area contributed by atoms with E-state index in [9.17, 15) is 9.59 Å². The Labute approximate surface area is 112 Å². The number of nitrogens with one attached hydrogen (secondary N) is 2. The molecular weight excluding hydrogens is 244 g/mol. The van der Waals surface area contributed by atoms with E-state index in [1.54, 1.807) is 18.2 Å². The second-order valence-electron chi connectivity index (χ2n) is 4.70. The number of rotatable bonds is 7. The number of benzene rings is 1. The molecular formula is C14H18N2O3. The molecule has 1 aromatic carbocycles. The van der Waals surface area contributed by atoms with E-state index in [0.717, 1.165) is 18.4 Å². The van der Waals surface area contributed by atoms with Crippen LogP contribution in [0.2, 0.25) is 0 Å². The minimum Gasteiger partial charge on any atom is -0.478 e. The van der Waals surface area contributed by atoms with Crippen LogP contribution < -0.4 is 10.6 Å². The molecule has 19 heavy (non-hydrogen) atoms. The number of hydrogen-bond acceptors (Lipinski definition) is 3. The van der Waals surface area contributed by atoms with Gasteiger partial charge < -0.3 is 15.7 Å². The zero-order chi connectivity index (χ0) is 13.7. The number of hydrogen-bond donors (Lipinski definition) is 3. The Morgan fingerprint density at radius 3 is 2.63 bits per heavy atom. The molecule has 1 fully saturated rings. The highest BCUT2D eigenvalue weighted by molar-refractivity contribution is 5.89. The zero-order valence-electron chi connectivity index (χ0n) is 10.7. The molecule has 102 valence electrons. The molecule has 5 heteroatoms. The molecule has 0 atom stereocenters. The van der Waals surface area contributed by atoms with E-state index < -0.39 is 5.97 Å². The number of carbonyl (C=O) groups excluding carboxylic acids is 1. The van der Waals surface area contributed by atoms with Gasteiger partial charge in [0.25, 0.3) is 0 Å². The summed E-state index contributed by atoms with van der Waals surface area (Å²) in [6, 6.07) is 6.91. The first kappa shape index (κ1) is 13.5. The summed E-state index contributed by atoms with van der Waals surface area (Å²) in [6.07, 6.45) is 2.01. The lowest BCUT2D eigenvalue weighted by Gasteiger charge is -2.08. The summed E-state index contributed by atoms with van der Waals surface area (Å²) in [5.74, 6) is -0.556. The third-order valence-electron chi connectivity index (χ3n) is 3.11. The van der Waals surface area contributed by atoms with Crippen molar-refractivity contribution in [1.82, 2.24) is 10.6 Å². The molecule has 1 amide bonds. The fourth-order valence-corrected chi connectivity index (χ4v) is 1.87. The summed E-state index contributed by atoms with van der Waals surface area (Å²) in [5, 5.41) is 15.0. The molecule has 3 N–H and O–H groups in total. The van der Waals surface area contributed by atoms with Crippen LogP contribution >= 0.6 is 0 Å². The van der Waals surface area contributed by atoms with Crippen LogP contribution in [0.1, 0.15) is 28.8 Å². The highest BCUT2D eigenvalue weighted by atomic mass is 16.4. The molecule has 1 aliphatic rings. The van der Waals surface area contributed by atoms with Gasteiger partial charge >= 0.3 is 5.97 Å². The summed E-state index contributed by atoms with van der Waals surface area (Å²) in [7, 11) is 0. The maximum Gasteiger partial charge on any atom is 0.336 e. The van der Waals surface area contributed by atoms with Crippen LogP contribution in [0, 0.1) is 5.92 Å². The summed E-state index contributed by atoms with van der Waals surface area (Å²) >= 11 is 0. The number of aromatic carboxylic acids is 1. The minimum absolute atomic E-state index is 0.132. The van der Waals surface area contributed by atoms with Gasteiger partial charge in [-0.25, -0.2) is 4.79 Å². The van der Waals surface area contributed by atoms with Gasteiger partial charge in [0.2, 0.25) is 5.91 Å². The second-order valence-corrected chi connectivity index (χ2v) is 4.70. The Kier molecular flexibility index (Phi) is 4.52. The van der Waals surface area contributed by atoms with Crippen molar-refractivity contribution in [3.63, 3.8) is 0 Å². The number of amides is 1. The van der Waals surface area contributed by atoms with E-state index >= 15 is 0 Å². The van der Waals surface area contributed by atoms with E-state index in [-0.39, 0.29) is 11.8 Å². The fourth-order valence-electron chi connectivity index (χ4n) is 1.87. The Morgan fingerprint density at radius 1 is 1.21 bits per heavy atom. The molecule has 0 heterocycles. The lowest BCUT2D eigenvalue weighted by Crippen LogP contribution is -2.32. The van der Waals surface area contributed by atoms with Crippen molar-refractivity contribution < 1.29 is 14.7 Å². The molecule has 0 saturated heterocycles. The van der Waals surface area contributed by atoms with Gasteiger partial charge in [-0.05, 0) is 24.5 Å². The molecule has 1 aromatic rings. The van der Waals surface area contributed by atoms with E-state index in [0.29, 0.717) is 25.2 Å². The van der Waals surface area contributed by atoms with Gasteiger partial charge in [0.1, 0.15) is 0 Å². The van der Waals surface area contributed by atoms with Crippen molar-refractivity contribution >= 4 is 11.9 Å². The van der Waals surface area contributed by atoms with Crippen LogP contribution in [0.3, 0.4) is 0 Å². The van der Waals surface area contributed by atoms with Gasteiger partial charge in [0, 0.05) is 25.6 Å². The molecule has 0 aromatic heterocycles. The maximum atomic E-state index is 11.4. The van der Waals surface area contributed by atoms with E-state index in [2.05, 4.69) is 10.6 Å². The SMILES string of the molecule is O=C(O)c1ccccc1CNCCNC(=O)C1CC1. The topological polar surface area (TPSA) is 78.4 Å². The van der Waals surface area contributed by atoms with Crippen LogP contribution in [0.15, 0.2) is 24.3 Å². The lowest BCUT2D eigenvalue weighted by molar-refractivity contribution is -0.122. The number of carboxylic acids is 1. The highest BCUT2D eigenvalue weighted by Crippen LogP contribution is 2.28. The Hall–Kier alpha value is -1.88. The Bertz CT molecular complexity index is 470. The summed E-state index contributed by atoms with van der Waals surface area (Å²) < 4.78 is 0. The zero-order valence-corrected chi connectivity index (χ0v) is 10.7. The molecule has 0 unspecified atom stereocenters. The molecule has 1 saturated carbocycles. The van der Waals surface area contributed by atoms with Gasteiger partial charge in [0.05, 0.1) is 5.56 Å². The van der Waals surface area contributed by atoms with Gasteiger partial charge in [-0.15, -0.1) is 0 Å². The van der Waals surface area contributed by atoms with Crippen LogP contribution in [0.25, 0.3) is 0 Å². The Balaban J connectivity index is 1.70. The summed E-state index contributed by atoms with van der Waals surface area (Å²) in [4.78, 5) is 22.4. The van der Waals surface area contributed by atoms with Crippen molar-refractivity contribution in [2.45, 2.75) is 19.4 Å². The minimum atomic E-state index is -0.917. The van der Waals surface area contributed by atoms with Gasteiger partial charge in [-0.2, -0.15) is 0 Å². The smallest absolute Gasteiger partial charge is 0.336 e. The first-order valence-corrected chi connectivity index (χ1v) is 6.48. The van der Waals surface area contributed by atoms with Crippen LogP contribution in [-0.4, -0.2) is 30.1 Å². The van der Waals surface area contributed by atoms with Crippen LogP contribution in [0.5, 0.6) is 0 Å². The quantitative estimate of drug-likeness (QED) is 0.641. The average molecular weight is 262 g/mol. The normalized spacial score (nSPS) is 14.1. The van der Waals surface area contributed by atoms with Crippen LogP contribution in [0.4, 0.5) is 0 Å². The molecule has 0 radical (unpaired) electrons. The number of carboxylic acid groups (broad SMARTS) is 1. The standard InChI is InChI=1S/C14H18N2O3/c17-13(10-5-6-10)16-8-7-15-9-11-3-1-2-4-12(11)14(18)19/h1-4,10,15H,5-9H2,(H,16,17)(H,18,19). The molecule has 0 bridgehead atoms. The Morgan fingerprint density at radius 2 is 1.95 bits per heavy atom. The van der Waals surface area contributed by atoms with Gasteiger partial charge in [-0.3, -0.25) is 4.79 Å². The van der Waals surface area contributed by atoms with Crippen molar-refractivity contribution in [1.29, 1.82) is 0 Å². The van der Waals surface area contributed by atoms with Crippen molar-refractivity contribution in [3.8, 4) is 0 Å². The van der Waals surface area contributed by atoms with Crippen LogP contribution in [-0.2, 0) is 11.3 Å². The van der Waals surface area contributed by atoms with Crippen molar-refractivity contribution in [3.05, 3.63) is 35.4 Å². The molecule has 0 aliphatic heterocycles. The van der Waals surface area contributed by atoms with Gasteiger partial charge in [0.15, 0.2) is 0 Å². The van der Waals surface area contributed by atoms with Crippen molar-refractivity contribution in [2.75, 3.05) is 13.1 Å². The average Bonchev–Trinajstić information content (AvgIpc) is 3.22. The lowest BCUT2D eigenvalue weighted by atomic mass is 10.1. The first-order chi connectivity index (χ1) is 9.18. The summed E-state index contributed by atoms with van der Waals surface area (Å²) in [6.45, 7) is 1.69. The predicted octanol–water partition coefficient (Wildman–Crippen LogP) is 1.00. The maximum absolute atomic E-state index is 11.4. The monoisotopic (exact) mass is 262 g/mol. The van der Waals surface area contributed by atoms with E-state index in [1.165, 1.54) is 0 Å². The second kappa shape index (κ2) is 6.33. The molecule has 2 rings (SSSR count). The molecule has 5 nitrogen and oxygen atoms in total. The van der Waals surface area contributed by atoms with E-state index in [4.69, 9.17) is 5.11 Å². The fraction of sp³-hybridized carbons (Fsp3) is 0.429. The molecule has 1 aliphatic carbocycles. The van der Waals surface area contributed by atoms with Crippen molar-refractivity contribution in [2.24, 2.45) is 5.92 Å². The number of carbonyl (C=O) groups is 2. The first-order valence-electron chi connectivity index (χ1n) is 6.48. The highest BCUT2D eigenvalue weighted by Gasteiger charge is 2.28. The largest absolute Gasteiger partial charge is 0.478 e. The molecule has 0 spiro atoms. The van der Waals surface area contributed by atoms with Gasteiger partial charge in [-0.1, -0.05) is 18.2 Å². The third-order valence-corrected chi connectivity index (χ3v) is 3.11. The summed E-state index contributed by atoms with van der Waals surface area (Å²) in [5.41, 5.74) is 1.07. The predicted molar refractivity (Wildman–Crippen MR) is 70.8 cm³/mol. The third kappa shape index (κ3) is 4.06.